The zero-order valence-corrected chi connectivity index (χ0v) is 14.7. The predicted molar refractivity (Wildman–Crippen MR) is 65.1 cm³/mol. The fourth-order valence-electron chi connectivity index (χ4n) is 1.08. The third-order valence-electron chi connectivity index (χ3n) is 2.50. The molecule has 17 heavy (non-hydrogen) atoms. The van der Waals surface area contributed by atoms with Gasteiger partial charge in [0.05, 0.1) is 0 Å². The van der Waals surface area contributed by atoms with E-state index in [1.54, 1.807) is 0 Å². The number of allylic oxidation sites excluding steroid dienone is 4. The van der Waals surface area contributed by atoms with E-state index in [1.807, 2.05) is 0 Å². The summed E-state index contributed by atoms with van der Waals surface area (Å²) in [5.74, 6) is 5.44. The van der Waals surface area contributed by atoms with Crippen molar-refractivity contribution in [3.05, 3.63) is 46.0 Å². The van der Waals surface area contributed by atoms with Gasteiger partial charge in [-0.1, -0.05) is 20.8 Å². The van der Waals surface area contributed by atoms with E-state index < -0.39 is 0 Å². The molecule has 1 unspecified atom stereocenters. The molecule has 1 aliphatic rings. The number of rotatable bonds is 0. The standard InChI is InChI=1S/C7H9.C6H8P.2ClH.Ti/c1-6-4-3-5-7(6)2;1-5-3-7-4-6(5)2;;;/h4H,5H2,1-2H3;3,7H,1-2H3;2*1H;/q2*-1;;;+4/p-2. The summed E-state index contributed by atoms with van der Waals surface area (Å²) in [6, 6.07) is 0. The summed E-state index contributed by atoms with van der Waals surface area (Å²) >= 11 is 0. The van der Waals surface area contributed by atoms with Gasteiger partial charge in [-0.25, -0.2) is 11.6 Å². The first-order valence-electron chi connectivity index (χ1n) is 4.86. The number of halogens is 2. The minimum atomic E-state index is 0. The molecule has 1 aromatic rings. The summed E-state index contributed by atoms with van der Waals surface area (Å²) in [4.78, 5) is 0. The van der Waals surface area contributed by atoms with Crippen molar-refractivity contribution in [2.75, 3.05) is 0 Å². The molecule has 0 N–H and O–H groups in total. The van der Waals surface area contributed by atoms with Crippen LogP contribution in [0, 0.1) is 25.7 Å². The minimum absolute atomic E-state index is 0. The molecule has 0 aromatic carbocycles. The molecule has 2 rings (SSSR count). The van der Waals surface area contributed by atoms with Gasteiger partial charge in [0.15, 0.2) is 0 Å². The first kappa shape index (κ1) is 22.7. The second kappa shape index (κ2) is 11.6. The Kier molecular flexibility index (Phi) is 15.5. The molecule has 0 nitrogen and oxygen atoms in total. The molecular weight excluding hydrogens is 306 g/mol. The molecule has 0 amide bonds. The van der Waals surface area contributed by atoms with Gasteiger partial charge in [-0.15, -0.1) is 13.3 Å². The average Bonchev–Trinajstić information content (AvgIpc) is 2.67. The quantitative estimate of drug-likeness (QED) is 0.392. The van der Waals surface area contributed by atoms with Crippen LogP contribution in [0.5, 0.6) is 0 Å². The molecule has 0 aliphatic heterocycles. The van der Waals surface area contributed by atoms with Crippen molar-refractivity contribution in [3.63, 3.8) is 0 Å². The number of hydrogen-bond acceptors (Lipinski definition) is 0. The Labute approximate surface area is 134 Å². The molecule has 0 saturated carbocycles. The Morgan fingerprint density at radius 3 is 1.82 bits per heavy atom. The second-order valence-electron chi connectivity index (χ2n) is 3.71. The molecule has 1 atom stereocenters. The zero-order valence-electron chi connectivity index (χ0n) is 10.6. The zero-order chi connectivity index (χ0) is 10.6. The van der Waals surface area contributed by atoms with E-state index in [0.29, 0.717) is 0 Å². The van der Waals surface area contributed by atoms with Gasteiger partial charge in [0.2, 0.25) is 0 Å². The molecule has 0 radical (unpaired) electrons. The Morgan fingerprint density at radius 2 is 1.71 bits per heavy atom. The van der Waals surface area contributed by atoms with Crippen molar-refractivity contribution in [1.29, 1.82) is 0 Å². The second-order valence-corrected chi connectivity index (χ2v) is 4.54. The maximum absolute atomic E-state index is 3.22. The summed E-state index contributed by atoms with van der Waals surface area (Å²) in [6.07, 6.45) is 6.22. The molecule has 0 fully saturated rings. The molecule has 0 bridgehead atoms. The molecule has 0 saturated heterocycles. The van der Waals surface area contributed by atoms with Crippen molar-refractivity contribution in [2.24, 2.45) is 0 Å². The van der Waals surface area contributed by atoms with Crippen LogP contribution in [-0.2, 0) is 21.7 Å². The van der Waals surface area contributed by atoms with E-state index in [0.717, 1.165) is 14.6 Å². The maximum Gasteiger partial charge on any atom is 4.00 e. The van der Waals surface area contributed by atoms with Crippen LogP contribution < -0.4 is 24.8 Å². The van der Waals surface area contributed by atoms with Crippen molar-refractivity contribution in [2.45, 2.75) is 34.1 Å². The topological polar surface area (TPSA) is 0 Å². The van der Waals surface area contributed by atoms with Crippen LogP contribution in [0.1, 0.15) is 31.4 Å². The minimum Gasteiger partial charge on any atom is -1.00 e. The van der Waals surface area contributed by atoms with Crippen LogP contribution >= 0.6 is 8.19 Å². The summed E-state index contributed by atoms with van der Waals surface area (Å²) in [7, 11) is 0.820. The SMILES string of the molecule is CC1=C(C)C[C-]=C1.Cc1[c-][pH]cc1C.[Cl-].[Cl-].[Ti+4]. The monoisotopic (exact) mass is 322 g/mol. The third-order valence-corrected chi connectivity index (χ3v) is 3.60. The smallest absolute Gasteiger partial charge is 1.00 e. The molecule has 4 heteroatoms. The summed E-state index contributed by atoms with van der Waals surface area (Å²) in [6.45, 7) is 8.50. The van der Waals surface area contributed by atoms with Crippen LogP contribution in [0.3, 0.4) is 0 Å². The van der Waals surface area contributed by atoms with Gasteiger partial charge in [-0.05, 0) is 0 Å². The van der Waals surface area contributed by atoms with Gasteiger partial charge in [-0.3, -0.25) is 14.3 Å². The van der Waals surface area contributed by atoms with Crippen LogP contribution in [0.4, 0.5) is 0 Å². The van der Waals surface area contributed by atoms with Crippen LogP contribution in [0.2, 0.25) is 0 Å². The largest absolute Gasteiger partial charge is 4.00 e. The van der Waals surface area contributed by atoms with Crippen LogP contribution in [0.15, 0.2) is 23.0 Å². The number of aryl methyl sites for hydroxylation is 2. The van der Waals surface area contributed by atoms with E-state index >= 15 is 0 Å². The Hall–Kier alpha value is 0.554. The maximum atomic E-state index is 3.22. The molecule has 1 aliphatic carbocycles. The third kappa shape index (κ3) is 8.30. The van der Waals surface area contributed by atoms with Crippen LogP contribution in [-0.4, -0.2) is 0 Å². The van der Waals surface area contributed by atoms with E-state index in [2.05, 4.69) is 51.4 Å². The Bertz CT molecular complexity index is 351. The first-order valence-corrected chi connectivity index (χ1v) is 5.94. The molecule has 1 heterocycles. The molecule has 92 valence electrons. The van der Waals surface area contributed by atoms with Gasteiger partial charge in [0.25, 0.3) is 0 Å². The van der Waals surface area contributed by atoms with E-state index in [-0.39, 0.29) is 46.5 Å². The first-order chi connectivity index (χ1) is 6.61. The Balaban J connectivity index is -0.000000196. The number of hydrogen-bond donors (Lipinski definition) is 0. The fourth-order valence-corrected chi connectivity index (χ4v) is 2.00. The van der Waals surface area contributed by atoms with Gasteiger partial charge in [-0.2, -0.15) is 28.3 Å². The predicted octanol–water partition coefficient (Wildman–Crippen LogP) is -1.77. The van der Waals surface area contributed by atoms with Gasteiger partial charge in [0.1, 0.15) is 0 Å². The molecular formula is C13H17Cl2PTi. The van der Waals surface area contributed by atoms with Crippen LogP contribution in [0.25, 0.3) is 0 Å². The fraction of sp³-hybridized carbons (Fsp3) is 0.385. The van der Waals surface area contributed by atoms with E-state index in [4.69, 9.17) is 0 Å². The normalized spacial score (nSPS) is 12.2. The summed E-state index contributed by atoms with van der Waals surface area (Å²) in [5.41, 5.74) is 5.58. The Morgan fingerprint density at radius 1 is 1.12 bits per heavy atom. The summed E-state index contributed by atoms with van der Waals surface area (Å²) < 4.78 is 0. The van der Waals surface area contributed by atoms with Crippen molar-refractivity contribution in [3.8, 4) is 0 Å². The van der Waals surface area contributed by atoms with Gasteiger partial charge < -0.3 is 24.8 Å². The van der Waals surface area contributed by atoms with Crippen molar-refractivity contribution >= 4 is 8.19 Å². The summed E-state index contributed by atoms with van der Waals surface area (Å²) in [5, 5.41) is 0. The van der Waals surface area contributed by atoms with E-state index in [1.165, 1.54) is 22.3 Å². The van der Waals surface area contributed by atoms with E-state index in [9.17, 15) is 0 Å². The molecule has 0 spiro atoms. The molecule has 1 aromatic heterocycles. The van der Waals surface area contributed by atoms with Gasteiger partial charge in [0, 0.05) is 0 Å². The van der Waals surface area contributed by atoms with Crippen molar-refractivity contribution in [1.82, 2.24) is 0 Å². The average molecular weight is 323 g/mol. The van der Waals surface area contributed by atoms with Gasteiger partial charge >= 0.3 is 21.7 Å². The van der Waals surface area contributed by atoms with Crippen molar-refractivity contribution < 1.29 is 46.5 Å².